The number of para-hydroxylation sites is 2. The van der Waals surface area contributed by atoms with Crippen LogP contribution in [-0.2, 0) is 4.79 Å². The SMILES string of the molecule is O=C1COc2ccc(-c3nc4ccccc4[nH]3)cc2N1. The predicted octanol–water partition coefficient (Wildman–Crippen LogP) is 2.56. The molecule has 0 bridgehead atoms. The summed E-state index contributed by atoms with van der Waals surface area (Å²) in [5.41, 5.74) is 3.49. The van der Waals surface area contributed by atoms with Crippen molar-refractivity contribution in [3.63, 3.8) is 0 Å². The van der Waals surface area contributed by atoms with Crippen LogP contribution in [0.3, 0.4) is 0 Å². The van der Waals surface area contributed by atoms with E-state index in [1.165, 1.54) is 0 Å². The highest BCUT2D eigenvalue weighted by Crippen LogP contribution is 2.32. The zero-order valence-corrected chi connectivity index (χ0v) is 10.5. The van der Waals surface area contributed by atoms with Crippen LogP contribution in [0.25, 0.3) is 22.4 Å². The highest BCUT2D eigenvalue weighted by atomic mass is 16.5. The summed E-state index contributed by atoms with van der Waals surface area (Å²) in [4.78, 5) is 19.2. The van der Waals surface area contributed by atoms with Crippen molar-refractivity contribution in [2.45, 2.75) is 0 Å². The van der Waals surface area contributed by atoms with Gasteiger partial charge in [-0.05, 0) is 30.3 Å². The van der Waals surface area contributed by atoms with E-state index < -0.39 is 0 Å². The number of ether oxygens (including phenoxy) is 1. The number of amides is 1. The topological polar surface area (TPSA) is 67.0 Å². The third kappa shape index (κ3) is 1.72. The van der Waals surface area contributed by atoms with Gasteiger partial charge < -0.3 is 15.0 Å². The lowest BCUT2D eigenvalue weighted by Crippen LogP contribution is -2.25. The van der Waals surface area contributed by atoms with Crippen molar-refractivity contribution in [1.82, 2.24) is 9.97 Å². The van der Waals surface area contributed by atoms with Crippen molar-refractivity contribution in [1.29, 1.82) is 0 Å². The number of rotatable bonds is 1. The molecule has 0 spiro atoms. The molecule has 2 aromatic carbocycles. The van der Waals surface area contributed by atoms with E-state index in [4.69, 9.17) is 4.74 Å². The van der Waals surface area contributed by atoms with Crippen molar-refractivity contribution in [3.8, 4) is 17.1 Å². The summed E-state index contributed by atoms with van der Waals surface area (Å²) in [6, 6.07) is 13.5. The lowest BCUT2D eigenvalue weighted by molar-refractivity contribution is -0.118. The van der Waals surface area contributed by atoms with Gasteiger partial charge in [-0.3, -0.25) is 4.79 Å². The molecule has 4 rings (SSSR count). The van der Waals surface area contributed by atoms with Crippen molar-refractivity contribution in [2.75, 3.05) is 11.9 Å². The second-order valence-electron chi connectivity index (χ2n) is 4.65. The number of H-pyrrole nitrogens is 1. The Morgan fingerprint density at radius 3 is 2.95 bits per heavy atom. The Labute approximate surface area is 114 Å². The molecule has 3 aromatic rings. The Hall–Kier alpha value is -2.82. The maximum atomic E-state index is 11.4. The van der Waals surface area contributed by atoms with Gasteiger partial charge in [0, 0.05) is 5.56 Å². The summed E-state index contributed by atoms with van der Waals surface area (Å²) in [6.07, 6.45) is 0. The average Bonchev–Trinajstić information content (AvgIpc) is 2.90. The maximum absolute atomic E-state index is 11.4. The fraction of sp³-hybridized carbons (Fsp3) is 0.0667. The second-order valence-corrected chi connectivity index (χ2v) is 4.65. The number of benzene rings is 2. The largest absolute Gasteiger partial charge is 0.482 e. The van der Waals surface area contributed by atoms with Crippen LogP contribution >= 0.6 is 0 Å². The number of aromatic amines is 1. The average molecular weight is 265 g/mol. The van der Waals surface area contributed by atoms with Crippen LogP contribution in [0.15, 0.2) is 42.5 Å². The summed E-state index contributed by atoms with van der Waals surface area (Å²) < 4.78 is 5.34. The maximum Gasteiger partial charge on any atom is 0.262 e. The quantitative estimate of drug-likeness (QED) is 0.710. The van der Waals surface area contributed by atoms with E-state index in [1.54, 1.807) is 0 Å². The zero-order valence-electron chi connectivity index (χ0n) is 10.5. The summed E-state index contributed by atoms with van der Waals surface area (Å²) in [5, 5.41) is 2.80. The van der Waals surface area contributed by atoms with Gasteiger partial charge in [-0.2, -0.15) is 0 Å². The van der Waals surface area contributed by atoms with E-state index >= 15 is 0 Å². The number of anilines is 1. The molecule has 0 radical (unpaired) electrons. The number of imidazole rings is 1. The normalized spacial score (nSPS) is 13.7. The Morgan fingerprint density at radius 1 is 1.15 bits per heavy atom. The number of nitrogens with zero attached hydrogens (tertiary/aromatic N) is 1. The van der Waals surface area contributed by atoms with E-state index in [1.807, 2.05) is 42.5 Å². The standard InChI is InChI=1S/C15H11N3O2/c19-14-8-20-13-6-5-9(7-12(13)16-14)15-17-10-3-1-2-4-11(10)18-15/h1-7H,8H2,(H,16,19)(H,17,18). The molecule has 1 aliphatic rings. The third-order valence-electron chi connectivity index (χ3n) is 3.28. The number of aromatic nitrogens is 2. The van der Waals surface area contributed by atoms with Crippen molar-refractivity contribution in [3.05, 3.63) is 42.5 Å². The van der Waals surface area contributed by atoms with E-state index in [9.17, 15) is 4.79 Å². The number of carbonyl (C=O) groups is 1. The molecule has 20 heavy (non-hydrogen) atoms. The smallest absolute Gasteiger partial charge is 0.262 e. The van der Waals surface area contributed by atoms with Gasteiger partial charge >= 0.3 is 0 Å². The molecular formula is C15H11N3O2. The predicted molar refractivity (Wildman–Crippen MR) is 75.7 cm³/mol. The van der Waals surface area contributed by atoms with Gasteiger partial charge in [-0.15, -0.1) is 0 Å². The minimum absolute atomic E-state index is 0.0665. The van der Waals surface area contributed by atoms with Crippen LogP contribution in [0.1, 0.15) is 0 Å². The fourth-order valence-corrected chi connectivity index (χ4v) is 2.32. The van der Waals surface area contributed by atoms with Crippen LogP contribution in [-0.4, -0.2) is 22.5 Å². The van der Waals surface area contributed by atoms with Crippen LogP contribution < -0.4 is 10.1 Å². The van der Waals surface area contributed by atoms with E-state index in [0.29, 0.717) is 11.4 Å². The molecule has 0 unspecified atom stereocenters. The molecule has 5 nitrogen and oxygen atoms in total. The molecular weight excluding hydrogens is 254 g/mol. The first-order chi connectivity index (χ1) is 9.79. The van der Waals surface area contributed by atoms with Crippen LogP contribution in [0.4, 0.5) is 5.69 Å². The van der Waals surface area contributed by atoms with Gasteiger partial charge in [0.25, 0.3) is 5.91 Å². The van der Waals surface area contributed by atoms with Crippen molar-refractivity contribution < 1.29 is 9.53 Å². The van der Waals surface area contributed by atoms with Crippen LogP contribution in [0.5, 0.6) is 5.75 Å². The van der Waals surface area contributed by atoms with Crippen LogP contribution in [0.2, 0.25) is 0 Å². The van der Waals surface area contributed by atoms with Gasteiger partial charge in [0.15, 0.2) is 6.61 Å². The van der Waals surface area contributed by atoms with Crippen LogP contribution in [0, 0.1) is 0 Å². The number of carbonyl (C=O) groups excluding carboxylic acids is 1. The molecule has 0 saturated heterocycles. The molecule has 1 amide bonds. The third-order valence-corrected chi connectivity index (χ3v) is 3.28. The summed E-state index contributed by atoms with van der Waals surface area (Å²) in [7, 11) is 0. The second kappa shape index (κ2) is 4.09. The van der Waals surface area contributed by atoms with Crippen molar-refractivity contribution in [2.24, 2.45) is 0 Å². The van der Waals surface area contributed by atoms with Gasteiger partial charge in [0.1, 0.15) is 11.6 Å². The van der Waals surface area contributed by atoms with Gasteiger partial charge in [0.05, 0.1) is 16.7 Å². The van der Waals surface area contributed by atoms with Gasteiger partial charge in [0.2, 0.25) is 0 Å². The molecule has 98 valence electrons. The highest BCUT2D eigenvalue weighted by Gasteiger charge is 2.17. The molecule has 0 aliphatic carbocycles. The molecule has 0 fully saturated rings. The Kier molecular flexibility index (Phi) is 2.26. The number of nitrogens with one attached hydrogen (secondary N) is 2. The Balaban J connectivity index is 1.82. The molecule has 2 heterocycles. The number of hydrogen-bond donors (Lipinski definition) is 2. The molecule has 5 heteroatoms. The first-order valence-corrected chi connectivity index (χ1v) is 6.31. The highest BCUT2D eigenvalue weighted by molar-refractivity contribution is 5.96. The number of fused-ring (bicyclic) bond motifs is 2. The van der Waals surface area contributed by atoms with Gasteiger partial charge in [-0.25, -0.2) is 4.98 Å². The Bertz CT molecular complexity index is 790. The zero-order chi connectivity index (χ0) is 13.5. The monoisotopic (exact) mass is 265 g/mol. The van der Waals surface area contributed by atoms with Gasteiger partial charge in [-0.1, -0.05) is 12.1 Å². The molecule has 0 atom stereocenters. The first kappa shape index (κ1) is 11.0. The fourth-order valence-electron chi connectivity index (χ4n) is 2.32. The van der Waals surface area contributed by atoms with E-state index in [2.05, 4.69) is 15.3 Å². The van der Waals surface area contributed by atoms with E-state index in [-0.39, 0.29) is 12.5 Å². The molecule has 1 aliphatic heterocycles. The first-order valence-electron chi connectivity index (χ1n) is 6.31. The molecule has 0 saturated carbocycles. The summed E-state index contributed by atoms with van der Waals surface area (Å²) >= 11 is 0. The summed E-state index contributed by atoms with van der Waals surface area (Å²) in [6.45, 7) is 0.0665. The van der Waals surface area contributed by atoms with Crippen molar-refractivity contribution >= 4 is 22.6 Å². The van der Waals surface area contributed by atoms with E-state index in [0.717, 1.165) is 22.4 Å². The minimum Gasteiger partial charge on any atom is -0.482 e. The number of hydrogen-bond acceptors (Lipinski definition) is 3. The lowest BCUT2D eigenvalue weighted by atomic mass is 10.1. The molecule has 1 aromatic heterocycles. The Morgan fingerprint density at radius 2 is 2.05 bits per heavy atom. The lowest BCUT2D eigenvalue weighted by Gasteiger charge is -2.18. The molecule has 2 N–H and O–H groups in total. The minimum atomic E-state index is -0.140. The summed E-state index contributed by atoms with van der Waals surface area (Å²) in [5.74, 6) is 1.32.